The maximum Gasteiger partial charge on any atom is 0.266 e. The Balaban J connectivity index is 2.27. The second-order valence-electron chi connectivity index (χ2n) is 4.67. The molecule has 2 N–H and O–H groups in total. The first-order chi connectivity index (χ1) is 11.1. The van der Waals surface area contributed by atoms with Gasteiger partial charge >= 0.3 is 0 Å². The molecule has 1 aromatic carbocycles. The summed E-state index contributed by atoms with van der Waals surface area (Å²) in [5.74, 6) is -0.865. The van der Waals surface area contributed by atoms with Crippen LogP contribution in [0.25, 0.3) is 6.08 Å². The highest BCUT2D eigenvalue weighted by atomic mass is 79.9. The zero-order valence-electron chi connectivity index (χ0n) is 12.2. The summed E-state index contributed by atoms with van der Waals surface area (Å²) in [6, 6.07) is 3.15. The van der Waals surface area contributed by atoms with Crippen molar-refractivity contribution in [3.05, 3.63) is 27.1 Å². The number of benzene rings is 1. The Labute approximate surface area is 156 Å². The molecule has 0 saturated carbocycles. The highest BCUT2D eigenvalue weighted by molar-refractivity contribution is 9.10. The number of carbonyl (C=O) groups excluding carboxylic acids is 1. The molecular formula is C13H12BrNO6S3. The molecule has 0 bridgehead atoms. The molecule has 0 unspecified atom stereocenters. The number of thiocarbonyl (C=S) groups is 1. The van der Waals surface area contributed by atoms with Crippen LogP contribution in [0, 0.1) is 0 Å². The average Bonchev–Trinajstić information content (AvgIpc) is 2.74. The lowest BCUT2D eigenvalue weighted by molar-refractivity contribution is -0.121. The molecule has 0 aliphatic carbocycles. The van der Waals surface area contributed by atoms with Gasteiger partial charge in [-0.3, -0.25) is 14.2 Å². The lowest BCUT2D eigenvalue weighted by atomic mass is 10.2. The van der Waals surface area contributed by atoms with E-state index in [-0.39, 0.29) is 22.4 Å². The maximum absolute atomic E-state index is 12.3. The van der Waals surface area contributed by atoms with Crippen molar-refractivity contribution in [1.29, 1.82) is 0 Å². The van der Waals surface area contributed by atoms with Crippen LogP contribution in [0.2, 0.25) is 0 Å². The van der Waals surface area contributed by atoms with Crippen LogP contribution in [-0.4, -0.2) is 52.6 Å². The van der Waals surface area contributed by atoms with Gasteiger partial charge in [-0.05, 0) is 39.7 Å². The van der Waals surface area contributed by atoms with Crippen molar-refractivity contribution in [1.82, 2.24) is 4.90 Å². The number of ether oxygens (including phenoxy) is 1. The number of amides is 1. The van der Waals surface area contributed by atoms with Crippen LogP contribution in [0.3, 0.4) is 0 Å². The van der Waals surface area contributed by atoms with Crippen LogP contribution < -0.4 is 4.74 Å². The van der Waals surface area contributed by atoms with Crippen molar-refractivity contribution >= 4 is 66.3 Å². The van der Waals surface area contributed by atoms with E-state index in [4.69, 9.17) is 21.5 Å². The molecule has 1 aliphatic rings. The standard InChI is InChI=1S/C13H12BrNO6S3/c1-21-9-5-7(4-8(14)11(9)16)6-10-12(17)15(13(22)23-10)2-3-24(18,19)20/h4-6,16H,2-3H2,1H3,(H,18,19,20)/b10-6+. The summed E-state index contributed by atoms with van der Waals surface area (Å²) < 4.78 is 36.1. The molecule has 130 valence electrons. The number of methoxy groups -OCH3 is 1. The molecule has 0 atom stereocenters. The van der Waals surface area contributed by atoms with E-state index in [1.807, 2.05) is 0 Å². The van der Waals surface area contributed by atoms with Gasteiger partial charge in [-0.2, -0.15) is 8.42 Å². The van der Waals surface area contributed by atoms with Crippen molar-refractivity contribution in [2.45, 2.75) is 0 Å². The van der Waals surface area contributed by atoms with Gasteiger partial charge < -0.3 is 9.84 Å². The number of hydrogen-bond acceptors (Lipinski definition) is 7. The number of nitrogens with zero attached hydrogens (tertiary/aromatic N) is 1. The molecule has 0 aromatic heterocycles. The molecule has 7 nitrogen and oxygen atoms in total. The minimum Gasteiger partial charge on any atom is -0.503 e. The van der Waals surface area contributed by atoms with E-state index in [9.17, 15) is 18.3 Å². The molecule has 11 heteroatoms. The molecule has 0 radical (unpaired) electrons. The van der Waals surface area contributed by atoms with E-state index in [0.717, 1.165) is 16.7 Å². The van der Waals surface area contributed by atoms with Crippen molar-refractivity contribution in [2.75, 3.05) is 19.4 Å². The number of halogens is 1. The summed E-state index contributed by atoms with van der Waals surface area (Å²) in [5.41, 5.74) is 0.590. The van der Waals surface area contributed by atoms with Gasteiger partial charge in [-0.15, -0.1) is 0 Å². The fourth-order valence-corrected chi connectivity index (χ4v) is 4.07. The summed E-state index contributed by atoms with van der Waals surface area (Å²) in [6.07, 6.45) is 1.56. The molecule has 2 rings (SSSR count). The van der Waals surface area contributed by atoms with Gasteiger partial charge in [-0.25, -0.2) is 0 Å². The minimum atomic E-state index is -4.19. The molecular weight excluding hydrogens is 442 g/mol. The zero-order valence-corrected chi connectivity index (χ0v) is 16.3. The van der Waals surface area contributed by atoms with Crippen LogP contribution >= 0.6 is 39.9 Å². The number of aromatic hydroxyl groups is 1. The molecule has 1 fully saturated rings. The largest absolute Gasteiger partial charge is 0.503 e. The van der Waals surface area contributed by atoms with Crippen molar-refractivity contribution in [3.8, 4) is 11.5 Å². The van der Waals surface area contributed by atoms with Gasteiger partial charge in [0, 0.05) is 6.54 Å². The SMILES string of the molecule is COc1cc(/C=C2/SC(=S)N(CCS(=O)(=O)O)C2=O)cc(Br)c1O. The molecule has 1 heterocycles. The van der Waals surface area contributed by atoms with Crippen LogP contribution in [0.4, 0.5) is 0 Å². The molecule has 24 heavy (non-hydrogen) atoms. The van der Waals surface area contributed by atoms with E-state index >= 15 is 0 Å². The normalized spacial score (nSPS) is 17.0. The zero-order chi connectivity index (χ0) is 18.1. The minimum absolute atomic E-state index is 0.0599. The maximum atomic E-state index is 12.3. The van der Waals surface area contributed by atoms with Gasteiger partial charge in [0.05, 0.1) is 22.2 Å². The third-order valence-electron chi connectivity index (χ3n) is 3.01. The van der Waals surface area contributed by atoms with E-state index < -0.39 is 21.8 Å². The van der Waals surface area contributed by atoms with E-state index in [2.05, 4.69) is 15.9 Å². The third-order valence-corrected chi connectivity index (χ3v) is 5.70. The Hall–Kier alpha value is -1.14. The average molecular weight is 454 g/mol. The van der Waals surface area contributed by atoms with Crippen molar-refractivity contribution in [3.63, 3.8) is 0 Å². The summed E-state index contributed by atoms with van der Waals surface area (Å²) in [5, 5.41) is 9.79. The van der Waals surface area contributed by atoms with Gasteiger partial charge in [0.1, 0.15) is 4.32 Å². The number of carbonyl (C=O) groups is 1. The fourth-order valence-electron chi connectivity index (χ4n) is 1.88. The highest BCUT2D eigenvalue weighted by Gasteiger charge is 2.32. The van der Waals surface area contributed by atoms with E-state index in [0.29, 0.717) is 14.9 Å². The number of phenolic OH excluding ortho intramolecular Hbond substituents is 1. The summed E-state index contributed by atoms with van der Waals surface area (Å²) in [4.78, 5) is 13.7. The lowest BCUT2D eigenvalue weighted by Crippen LogP contribution is -2.32. The predicted molar refractivity (Wildman–Crippen MR) is 98.7 cm³/mol. The Kier molecular flexibility index (Phi) is 5.91. The molecule has 1 aliphatic heterocycles. The summed E-state index contributed by atoms with van der Waals surface area (Å²) in [7, 11) is -2.78. The smallest absolute Gasteiger partial charge is 0.266 e. The first-order valence-electron chi connectivity index (χ1n) is 6.39. The van der Waals surface area contributed by atoms with Crippen LogP contribution in [-0.2, 0) is 14.9 Å². The van der Waals surface area contributed by atoms with E-state index in [1.165, 1.54) is 7.11 Å². The second kappa shape index (κ2) is 7.40. The first-order valence-corrected chi connectivity index (χ1v) is 10.0. The Bertz CT molecular complexity index is 836. The number of rotatable bonds is 5. The van der Waals surface area contributed by atoms with Gasteiger partial charge in [0.2, 0.25) is 0 Å². The van der Waals surface area contributed by atoms with Gasteiger partial charge in [0.15, 0.2) is 11.5 Å². The van der Waals surface area contributed by atoms with Crippen molar-refractivity contribution in [2.24, 2.45) is 0 Å². The number of thioether (sulfide) groups is 1. The molecule has 1 aromatic rings. The monoisotopic (exact) mass is 453 g/mol. The van der Waals surface area contributed by atoms with Gasteiger partial charge in [0.25, 0.3) is 16.0 Å². The first kappa shape index (κ1) is 19.2. The quantitative estimate of drug-likeness (QED) is 0.397. The predicted octanol–water partition coefficient (Wildman–Crippen LogP) is 2.25. The Morgan fingerprint density at radius 1 is 1.46 bits per heavy atom. The summed E-state index contributed by atoms with van der Waals surface area (Å²) in [6.45, 7) is -0.219. The second-order valence-corrected chi connectivity index (χ2v) is 8.78. The number of hydrogen-bond donors (Lipinski definition) is 2. The third kappa shape index (κ3) is 4.48. The lowest BCUT2D eigenvalue weighted by Gasteiger charge is -2.12. The number of phenols is 1. The molecule has 1 amide bonds. The fraction of sp³-hybridized carbons (Fsp3) is 0.231. The highest BCUT2D eigenvalue weighted by Crippen LogP contribution is 2.38. The van der Waals surface area contributed by atoms with Crippen molar-refractivity contribution < 1.29 is 27.6 Å². The summed E-state index contributed by atoms with van der Waals surface area (Å²) >= 11 is 9.29. The molecule has 1 saturated heterocycles. The van der Waals surface area contributed by atoms with Gasteiger partial charge in [-0.1, -0.05) is 24.0 Å². The van der Waals surface area contributed by atoms with Crippen LogP contribution in [0.15, 0.2) is 21.5 Å². The van der Waals surface area contributed by atoms with Crippen LogP contribution in [0.1, 0.15) is 5.56 Å². The topological polar surface area (TPSA) is 104 Å². The van der Waals surface area contributed by atoms with E-state index in [1.54, 1.807) is 18.2 Å². The Morgan fingerprint density at radius 2 is 2.12 bits per heavy atom. The molecule has 0 spiro atoms. The Morgan fingerprint density at radius 3 is 2.71 bits per heavy atom. The van der Waals surface area contributed by atoms with Crippen LogP contribution in [0.5, 0.6) is 11.5 Å².